The largest absolute Gasteiger partial charge is 0.354 e. The Morgan fingerprint density at radius 3 is 2.49 bits per heavy atom. The van der Waals surface area contributed by atoms with E-state index >= 15 is 0 Å². The predicted octanol–water partition coefficient (Wildman–Crippen LogP) is 4.63. The van der Waals surface area contributed by atoms with Gasteiger partial charge in [0.2, 0.25) is 5.95 Å². The van der Waals surface area contributed by atoms with Crippen LogP contribution in [0.25, 0.3) is 11.1 Å². The number of nitrogens with one attached hydrogen (secondary N) is 2. The molecule has 4 heterocycles. The lowest BCUT2D eigenvalue weighted by Crippen LogP contribution is -2.49. The first kappa shape index (κ1) is 29.6. The van der Waals surface area contributed by atoms with Crippen molar-refractivity contribution in [3.8, 4) is 23.3 Å². The highest BCUT2D eigenvalue weighted by atomic mass is 16.2. The summed E-state index contributed by atoms with van der Waals surface area (Å²) in [5, 5.41) is 29.7. The van der Waals surface area contributed by atoms with E-state index in [-0.39, 0.29) is 24.0 Å². The van der Waals surface area contributed by atoms with Gasteiger partial charge in [-0.1, -0.05) is 30.3 Å². The Kier molecular flexibility index (Phi) is 8.83. The Morgan fingerprint density at radius 2 is 1.82 bits per heavy atom. The van der Waals surface area contributed by atoms with Crippen LogP contribution >= 0.6 is 0 Å². The van der Waals surface area contributed by atoms with Crippen LogP contribution < -0.4 is 20.4 Å². The van der Waals surface area contributed by atoms with E-state index in [0.717, 1.165) is 48.8 Å². The maximum absolute atomic E-state index is 13.7. The van der Waals surface area contributed by atoms with Crippen LogP contribution in [0, 0.1) is 28.6 Å². The molecule has 228 valence electrons. The summed E-state index contributed by atoms with van der Waals surface area (Å²) in [7, 11) is 1.88. The maximum atomic E-state index is 13.7. The number of amides is 2. The zero-order chi connectivity index (χ0) is 31.2. The number of nitrogens with zero attached hydrogens (tertiary/aromatic N) is 9. The second-order valence-electron chi connectivity index (χ2n) is 11.6. The Balaban J connectivity index is 1.15. The Bertz CT molecular complexity index is 1700. The third kappa shape index (κ3) is 6.86. The summed E-state index contributed by atoms with van der Waals surface area (Å²) in [6, 6.07) is 18.1. The van der Waals surface area contributed by atoms with Crippen molar-refractivity contribution in [2.45, 2.75) is 50.7 Å². The number of carbonyl (C=O) groups is 1. The van der Waals surface area contributed by atoms with Gasteiger partial charge in [0.25, 0.3) is 0 Å². The highest BCUT2D eigenvalue weighted by Crippen LogP contribution is 2.31. The second kappa shape index (κ2) is 13.4. The first-order valence-electron chi connectivity index (χ1n) is 15.2. The zero-order valence-electron chi connectivity index (χ0n) is 25.2. The number of rotatable bonds is 8. The number of anilines is 3. The molecule has 45 heavy (non-hydrogen) atoms. The third-order valence-corrected chi connectivity index (χ3v) is 8.49. The summed E-state index contributed by atoms with van der Waals surface area (Å²) in [4.78, 5) is 31.3. The lowest BCUT2D eigenvalue weighted by atomic mass is 9.90. The molecule has 2 fully saturated rings. The van der Waals surface area contributed by atoms with Crippen molar-refractivity contribution in [3.63, 3.8) is 0 Å². The third-order valence-electron chi connectivity index (χ3n) is 8.49. The van der Waals surface area contributed by atoms with E-state index in [2.05, 4.69) is 37.8 Å². The van der Waals surface area contributed by atoms with Gasteiger partial charge in [-0.25, -0.2) is 14.8 Å². The molecule has 2 amide bonds. The summed E-state index contributed by atoms with van der Waals surface area (Å²) in [5.74, 6) is 1.58. The van der Waals surface area contributed by atoms with Gasteiger partial charge in [0, 0.05) is 62.3 Å². The molecule has 2 aliphatic rings. The number of urea groups is 1. The summed E-state index contributed by atoms with van der Waals surface area (Å²) >= 11 is 0. The van der Waals surface area contributed by atoms with Gasteiger partial charge >= 0.3 is 6.03 Å². The lowest BCUT2D eigenvalue weighted by molar-refractivity contribution is 0.240. The highest BCUT2D eigenvalue weighted by molar-refractivity contribution is 5.91. The van der Waals surface area contributed by atoms with Crippen LogP contribution in [0.15, 0.2) is 67.3 Å². The van der Waals surface area contributed by atoms with Gasteiger partial charge < -0.3 is 15.5 Å². The summed E-state index contributed by atoms with van der Waals surface area (Å²) in [6.07, 6.45) is 11.0. The van der Waals surface area contributed by atoms with Crippen LogP contribution in [0.3, 0.4) is 0 Å². The smallest absolute Gasteiger partial charge is 0.323 e. The molecule has 0 radical (unpaired) electrons. The number of hydrogen-bond donors (Lipinski definition) is 2. The molecule has 1 aliphatic heterocycles. The molecule has 1 aliphatic carbocycles. The van der Waals surface area contributed by atoms with Gasteiger partial charge in [-0.2, -0.15) is 20.6 Å². The standard InChI is InChI=1S/C33H35N11O/c1-42-22-27(20-39-42)25-7-12-30(36-18-25)44(33(45)38-17-23-5-3-2-4-6-23)29-10-8-28(9-11-29)40-32-37-19-26(16-35)31(41-32)43-14-13-24(15-34)21-43/h2-7,12,18-20,22,24,28-29H,8-11,13-14,17,21H2,1H3,(H,38,45)(H,37,40,41). The average molecular weight is 602 g/mol. The number of aromatic nitrogens is 5. The normalized spacial score (nSPS) is 19.4. The molecule has 0 bridgehead atoms. The minimum atomic E-state index is -0.182. The van der Waals surface area contributed by atoms with Crippen LogP contribution in [-0.4, -0.2) is 55.9 Å². The molecule has 6 rings (SSSR count). The van der Waals surface area contributed by atoms with Crippen LogP contribution in [0.2, 0.25) is 0 Å². The highest BCUT2D eigenvalue weighted by Gasteiger charge is 2.32. The molecular weight excluding hydrogens is 566 g/mol. The SMILES string of the molecule is Cn1cc(-c2ccc(N(C(=O)NCc3ccccc3)C3CCC(Nc4ncc(C#N)c(N5CCC(C#N)C5)n4)CC3)nc2)cn1. The van der Waals surface area contributed by atoms with Crippen LogP contribution in [0.5, 0.6) is 0 Å². The molecule has 4 aromatic rings. The second-order valence-corrected chi connectivity index (χ2v) is 11.6. The zero-order valence-corrected chi connectivity index (χ0v) is 25.2. The molecule has 1 unspecified atom stereocenters. The van der Waals surface area contributed by atoms with E-state index in [1.165, 1.54) is 0 Å². The van der Waals surface area contributed by atoms with Gasteiger partial charge in [-0.05, 0) is 49.8 Å². The van der Waals surface area contributed by atoms with Crippen LogP contribution in [0.1, 0.15) is 43.2 Å². The Hall–Kier alpha value is -5.49. The van der Waals surface area contributed by atoms with Crippen molar-refractivity contribution in [3.05, 3.63) is 78.4 Å². The number of nitriles is 2. The fourth-order valence-corrected chi connectivity index (χ4v) is 6.07. The number of carbonyl (C=O) groups excluding carboxylic acids is 1. The number of pyridine rings is 1. The minimum absolute atomic E-state index is 0.0412. The summed E-state index contributed by atoms with van der Waals surface area (Å²) < 4.78 is 1.75. The van der Waals surface area contributed by atoms with E-state index < -0.39 is 0 Å². The minimum Gasteiger partial charge on any atom is -0.354 e. The Labute approximate surface area is 262 Å². The Morgan fingerprint density at radius 1 is 1.00 bits per heavy atom. The number of aryl methyl sites for hydroxylation is 1. The lowest BCUT2D eigenvalue weighted by Gasteiger charge is -2.36. The van der Waals surface area contributed by atoms with Crippen molar-refractivity contribution < 1.29 is 4.79 Å². The van der Waals surface area contributed by atoms with E-state index in [9.17, 15) is 15.3 Å². The average Bonchev–Trinajstić information content (AvgIpc) is 3.75. The first-order valence-corrected chi connectivity index (χ1v) is 15.2. The van der Waals surface area contributed by atoms with E-state index in [1.807, 2.05) is 60.6 Å². The van der Waals surface area contributed by atoms with Gasteiger partial charge in [0.15, 0.2) is 5.82 Å². The van der Waals surface area contributed by atoms with Crippen molar-refractivity contribution in [2.24, 2.45) is 13.0 Å². The first-order chi connectivity index (χ1) is 22.0. The van der Waals surface area contributed by atoms with Gasteiger partial charge in [-0.15, -0.1) is 0 Å². The van der Waals surface area contributed by atoms with Crippen molar-refractivity contribution in [2.75, 3.05) is 28.2 Å². The molecule has 12 nitrogen and oxygen atoms in total. The fraction of sp³-hybridized carbons (Fsp3) is 0.364. The molecule has 1 aromatic carbocycles. The topological polar surface area (TPSA) is 152 Å². The molecule has 2 N–H and O–H groups in total. The van der Waals surface area contributed by atoms with Crippen LogP contribution in [-0.2, 0) is 13.6 Å². The molecule has 1 saturated carbocycles. The molecule has 12 heteroatoms. The van der Waals surface area contributed by atoms with Crippen molar-refractivity contribution >= 4 is 23.6 Å². The van der Waals surface area contributed by atoms with Gasteiger partial charge in [0.05, 0.1) is 24.4 Å². The quantitative estimate of drug-likeness (QED) is 0.294. The fourth-order valence-electron chi connectivity index (χ4n) is 6.07. The maximum Gasteiger partial charge on any atom is 0.323 e. The van der Waals surface area contributed by atoms with Gasteiger partial charge in [0.1, 0.15) is 17.5 Å². The van der Waals surface area contributed by atoms with Gasteiger partial charge in [-0.3, -0.25) is 9.58 Å². The molecular formula is C33H35N11O. The van der Waals surface area contributed by atoms with E-state index in [1.54, 1.807) is 28.2 Å². The monoisotopic (exact) mass is 601 g/mol. The molecule has 3 aromatic heterocycles. The van der Waals surface area contributed by atoms with Crippen molar-refractivity contribution in [1.82, 2.24) is 30.0 Å². The number of benzene rings is 1. The molecule has 1 atom stereocenters. The summed E-state index contributed by atoms with van der Waals surface area (Å²) in [6.45, 7) is 1.67. The number of hydrogen-bond acceptors (Lipinski definition) is 9. The molecule has 0 spiro atoms. The van der Waals surface area contributed by atoms with E-state index in [0.29, 0.717) is 42.8 Å². The predicted molar refractivity (Wildman–Crippen MR) is 170 cm³/mol. The summed E-state index contributed by atoms with van der Waals surface area (Å²) in [5.41, 5.74) is 3.33. The van der Waals surface area contributed by atoms with Crippen LogP contribution in [0.4, 0.5) is 22.4 Å². The van der Waals surface area contributed by atoms with E-state index in [4.69, 9.17) is 4.98 Å². The van der Waals surface area contributed by atoms with Crippen molar-refractivity contribution in [1.29, 1.82) is 10.5 Å². The molecule has 1 saturated heterocycles.